The molecule has 1 fully saturated rings. The van der Waals surface area contributed by atoms with E-state index in [1.54, 1.807) is 19.1 Å². The van der Waals surface area contributed by atoms with Crippen LogP contribution in [0.2, 0.25) is 0 Å². The predicted octanol–water partition coefficient (Wildman–Crippen LogP) is 4.45. The second kappa shape index (κ2) is 6.35. The maximum Gasteiger partial charge on any atom is 0.167 e. The maximum atomic E-state index is 14.1. The monoisotopic (exact) mass is 293 g/mol. The molecule has 2 rings (SSSR count). The molecule has 3 heteroatoms. The second-order valence-corrected chi connectivity index (χ2v) is 7.06. The van der Waals surface area contributed by atoms with Gasteiger partial charge in [0.05, 0.1) is 0 Å². The van der Waals surface area contributed by atoms with Crippen molar-refractivity contribution in [2.45, 2.75) is 65.5 Å². The first-order chi connectivity index (χ1) is 9.85. The van der Waals surface area contributed by atoms with Gasteiger partial charge >= 0.3 is 0 Å². The molecule has 118 valence electrons. The zero-order chi connectivity index (χ0) is 15.6. The number of nitrogens with two attached hydrogens (primary N) is 1. The summed E-state index contributed by atoms with van der Waals surface area (Å²) in [6, 6.07) is 5.28. The molecule has 0 radical (unpaired) electrons. The van der Waals surface area contributed by atoms with Gasteiger partial charge in [-0.1, -0.05) is 39.3 Å². The minimum absolute atomic E-state index is 0.00572. The molecule has 1 aromatic rings. The van der Waals surface area contributed by atoms with Crippen molar-refractivity contribution in [3.05, 3.63) is 29.6 Å². The summed E-state index contributed by atoms with van der Waals surface area (Å²) in [5.74, 6) is 0.659. The smallest absolute Gasteiger partial charge is 0.167 e. The van der Waals surface area contributed by atoms with Gasteiger partial charge in [0.2, 0.25) is 0 Å². The topological polar surface area (TPSA) is 35.2 Å². The fourth-order valence-corrected chi connectivity index (χ4v) is 3.16. The standard InChI is InChI=1S/C18H28FNO/c1-5-18(3,4)13-9-10-14(20)16(11-13)21-15-8-6-7-12(2)17(15)19/h6-8,13-14,16H,5,9-11,20H2,1-4H3. The molecule has 0 aromatic heterocycles. The highest BCUT2D eigenvalue weighted by atomic mass is 19.1. The third-order valence-corrected chi connectivity index (χ3v) is 5.29. The highest BCUT2D eigenvalue weighted by molar-refractivity contribution is 5.30. The molecular formula is C18H28FNO. The summed E-state index contributed by atoms with van der Waals surface area (Å²) in [6.45, 7) is 8.59. The van der Waals surface area contributed by atoms with Crippen LogP contribution in [0.25, 0.3) is 0 Å². The lowest BCUT2D eigenvalue weighted by Gasteiger charge is -2.42. The van der Waals surface area contributed by atoms with E-state index in [1.807, 2.05) is 6.07 Å². The third-order valence-electron chi connectivity index (χ3n) is 5.29. The third kappa shape index (κ3) is 3.57. The van der Waals surface area contributed by atoms with Gasteiger partial charge in [-0.15, -0.1) is 0 Å². The maximum absolute atomic E-state index is 14.1. The van der Waals surface area contributed by atoms with Crippen molar-refractivity contribution >= 4 is 0 Å². The van der Waals surface area contributed by atoms with Crippen LogP contribution < -0.4 is 10.5 Å². The van der Waals surface area contributed by atoms with E-state index >= 15 is 0 Å². The van der Waals surface area contributed by atoms with E-state index in [2.05, 4.69) is 20.8 Å². The number of hydrogen-bond donors (Lipinski definition) is 1. The van der Waals surface area contributed by atoms with E-state index in [-0.39, 0.29) is 23.4 Å². The van der Waals surface area contributed by atoms with E-state index in [0.717, 1.165) is 25.7 Å². The molecule has 0 spiro atoms. The fourth-order valence-electron chi connectivity index (χ4n) is 3.16. The largest absolute Gasteiger partial charge is 0.486 e. The Morgan fingerprint density at radius 1 is 1.33 bits per heavy atom. The Kier molecular flexibility index (Phi) is 4.92. The van der Waals surface area contributed by atoms with E-state index in [0.29, 0.717) is 17.2 Å². The van der Waals surface area contributed by atoms with Gasteiger partial charge in [0.25, 0.3) is 0 Å². The van der Waals surface area contributed by atoms with Gasteiger partial charge < -0.3 is 10.5 Å². The van der Waals surface area contributed by atoms with Gasteiger partial charge in [0.15, 0.2) is 11.6 Å². The van der Waals surface area contributed by atoms with Gasteiger partial charge in [0, 0.05) is 6.04 Å². The van der Waals surface area contributed by atoms with Crippen molar-refractivity contribution in [1.29, 1.82) is 0 Å². The highest BCUT2D eigenvalue weighted by Gasteiger charge is 2.37. The fraction of sp³-hybridized carbons (Fsp3) is 0.667. The minimum atomic E-state index is -0.262. The Balaban J connectivity index is 2.12. The Morgan fingerprint density at radius 3 is 2.71 bits per heavy atom. The van der Waals surface area contributed by atoms with Crippen LogP contribution in [0.4, 0.5) is 4.39 Å². The molecule has 1 saturated carbocycles. The number of rotatable bonds is 4. The summed E-state index contributed by atoms with van der Waals surface area (Å²) >= 11 is 0. The average molecular weight is 293 g/mol. The van der Waals surface area contributed by atoms with Crippen molar-refractivity contribution in [2.75, 3.05) is 0 Å². The first kappa shape index (κ1) is 16.3. The predicted molar refractivity (Wildman–Crippen MR) is 84.9 cm³/mol. The van der Waals surface area contributed by atoms with Crippen molar-refractivity contribution in [1.82, 2.24) is 0 Å². The molecule has 1 aromatic carbocycles. The van der Waals surface area contributed by atoms with Gasteiger partial charge in [-0.2, -0.15) is 0 Å². The lowest BCUT2D eigenvalue weighted by atomic mass is 9.68. The van der Waals surface area contributed by atoms with Gasteiger partial charge in [-0.25, -0.2) is 4.39 Å². The number of benzene rings is 1. The molecule has 21 heavy (non-hydrogen) atoms. The average Bonchev–Trinajstić information content (AvgIpc) is 2.46. The summed E-state index contributed by atoms with van der Waals surface area (Å²) in [5, 5.41) is 0. The van der Waals surface area contributed by atoms with Crippen molar-refractivity contribution in [3.63, 3.8) is 0 Å². The lowest BCUT2D eigenvalue weighted by molar-refractivity contribution is 0.0479. The van der Waals surface area contributed by atoms with Gasteiger partial charge in [-0.3, -0.25) is 0 Å². The Hall–Kier alpha value is -1.09. The summed E-state index contributed by atoms with van der Waals surface area (Å²) in [7, 11) is 0. The quantitative estimate of drug-likeness (QED) is 0.890. The molecule has 3 atom stereocenters. The number of hydrogen-bond acceptors (Lipinski definition) is 2. The zero-order valence-electron chi connectivity index (χ0n) is 13.7. The normalized spacial score (nSPS) is 26.7. The number of halogens is 1. The SMILES string of the molecule is CCC(C)(C)C1CCC(N)C(Oc2cccc(C)c2F)C1. The highest BCUT2D eigenvalue weighted by Crippen LogP contribution is 2.41. The molecular weight excluding hydrogens is 265 g/mol. The molecule has 0 amide bonds. The summed E-state index contributed by atoms with van der Waals surface area (Å²) in [6.07, 6.45) is 4.05. The minimum Gasteiger partial charge on any atom is -0.486 e. The van der Waals surface area contributed by atoms with E-state index in [4.69, 9.17) is 10.5 Å². The van der Waals surface area contributed by atoms with Crippen molar-refractivity contribution in [2.24, 2.45) is 17.1 Å². The first-order valence-electron chi connectivity index (χ1n) is 8.02. The zero-order valence-corrected chi connectivity index (χ0v) is 13.7. The van der Waals surface area contributed by atoms with Crippen molar-refractivity contribution in [3.8, 4) is 5.75 Å². The molecule has 1 aliphatic carbocycles. The van der Waals surface area contributed by atoms with Crippen LogP contribution in [-0.4, -0.2) is 12.1 Å². The van der Waals surface area contributed by atoms with Crippen LogP contribution in [0.15, 0.2) is 18.2 Å². The van der Waals surface area contributed by atoms with Gasteiger partial charge in [-0.05, 0) is 49.1 Å². The molecule has 0 saturated heterocycles. The molecule has 3 unspecified atom stereocenters. The molecule has 2 N–H and O–H groups in total. The lowest BCUT2D eigenvalue weighted by Crippen LogP contribution is -2.46. The van der Waals surface area contributed by atoms with E-state index in [1.165, 1.54) is 0 Å². The van der Waals surface area contributed by atoms with Crippen LogP contribution in [0, 0.1) is 24.1 Å². The molecule has 2 nitrogen and oxygen atoms in total. The summed E-state index contributed by atoms with van der Waals surface area (Å²) < 4.78 is 20.1. The molecule has 0 bridgehead atoms. The van der Waals surface area contributed by atoms with Crippen LogP contribution in [0.5, 0.6) is 5.75 Å². The molecule has 0 heterocycles. The van der Waals surface area contributed by atoms with E-state index in [9.17, 15) is 4.39 Å². The van der Waals surface area contributed by atoms with Gasteiger partial charge in [0.1, 0.15) is 6.10 Å². The summed E-state index contributed by atoms with van der Waals surface area (Å²) in [4.78, 5) is 0. The number of aryl methyl sites for hydroxylation is 1. The Morgan fingerprint density at radius 2 is 2.05 bits per heavy atom. The number of ether oxygens (including phenoxy) is 1. The molecule has 0 aliphatic heterocycles. The summed E-state index contributed by atoms with van der Waals surface area (Å²) in [5.41, 5.74) is 7.11. The first-order valence-corrected chi connectivity index (χ1v) is 8.02. The van der Waals surface area contributed by atoms with E-state index < -0.39 is 0 Å². The van der Waals surface area contributed by atoms with Crippen LogP contribution in [0.3, 0.4) is 0 Å². The van der Waals surface area contributed by atoms with Crippen LogP contribution in [0.1, 0.15) is 52.0 Å². The Bertz CT molecular complexity index is 486. The molecule has 1 aliphatic rings. The second-order valence-electron chi connectivity index (χ2n) is 7.06. The van der Waals surface area contributed by atoms with Crippen LogP contribution >= 0.6 is 0 Å². The van der Waals surface area contributed by atoms with Crippen LogP contribution in [-0.2, 0) is 0 Å². The Labute approximate surface area is 127 Å². The van der Waals surface area contributed by atoms with Crippen molar-refractivity contribution < 1.29 is 9.13 Å².